The van der Waals surface area contributed by atoms with Crippen molar-refractivity contribution in [3.8, 4) is 5.75 Å². The van der Waals surface area contributed by atoms with Gasteiger partial charge in [0.05, 0.1) is 11.6 Å². The Morgan fingerprint density at radius 2 is 1.24 bits per heavy atom. The van der Waals surface area contributed by atoms with E-state index in [1.165, 1.54) is 7.11 Å². The second-order valence-electron chi connectivity index (χ2n) is 8.62. The Balaban J connectivity index is 1.56. The lowest BCUT2D eigenvalue weighted by molar-refractivity contribution is 0.0846. The van der Waals surface area contributed by atoms with E-state index < -0.39 is 11.8 Å². The summed E-state index contributed by atoms with van der Waals surface area (Å²) in [5.74, 6) is -0.611. The molecule has 0 atom stereocenters. The average molecular weight is 524 g/mol. The third-order valence-electron chi connectivity index (χ3n) is 5.12. The molecule has 0 saturated heterocycles. The van der Waals surface area contributed by atoms with Crippen molar-refractivity contribution in [2.24, 2.45) is 0 Å². The largest absolute Gasteiger partial charge is 0.496 e. The molecule has 34 heavy (non-hydrogen) atoms. The first-order valence-corrected chi connectivity index (χ1v) is 11.3. The molecule has 0 heterocycles. The zero-order chi connectivity index (χ0) is 24.9. The lowest BCUT2D eigenvalue weighted by Gasteiger charge is -2.19. The lowest BCUT2D eigenvalue weighted by atomic mass is 9.87. The van der Waals surface area contributed by atoms with Crippen LogP contribution in [0.5, 0.6) is 5.75 Å². The third kappa shape index (κ3) is 6.23. The van der Waals surface area contributed by atoms with E-state index in [1.54, 1.807) is 54.6 Å². The second kappa shape index (κ2) is 10.5. The zero-order valence-electron chi connectivity index (χ0n) is 19.4. The van der Waals surface area contributed by atoms with Gasteiger partial charge in [-0.3, -0.25) is 25.2 Å². The summed E-state index contributed by atoms with van der Waals surface area (Å²) in [5.41, 5.74) is 7.67. The van der Waals surface area contributed by atoms with Gasteiger partial charge in [-0.2, -0.15) is 0 Å². The number of amides is 3. The van der Waals surface area contributed by atoms with Gasteiger partial charge in [-0.1, -0.05) is 32.9 Å². The number of nitrogens with one attached hydrogen (secondary N) is 3. The molecule has 0 aliphatic rings. The highest BCUT2D eigenvalue weighted by molar-refractivity contribution is 9.10. The van der Waals surface area contributed by atoms with Crippen LogP contribution in [0.3, 0.4) is 0 Å². The number of rotatable bonds is 5. The molecule has 3 N–H and O–H groups in total. The summed E-state index contributed by atoms with van der Waals surface area (Å²) in [7, 11) is 1.53. The normalized spacial score (nSPS) is 10.9. The lowest BCUT2D eigenvalue weighted by Crippen LogP contribution is -2.41. The van der Waals surface area contributed by atoms with E-state index in [9.17, 15) is 14.4 Å². The first kappa shape index (κ1) is 25.0. The molecule has 7 nitrogen and oxygen atoms in total. The fourth-order valence-corrected chi connectivity index (χ4v) is 3.64. The van der Waals surface area contributed by atoms with Crippen molar-refractivity contribution in [2.45, 2.75) is 26.2 Å². The Kier molecular flexibility index (Phi) is 7.73. The number of hydrazine groups is 1. The molecule has 0 radical (unpaired) electrons. The Hall–Kier alpha value is -3.65. The number of hydrogen-bond donors (Lipinski definition) is 3. The maximum absolute atomic E-state index is 12.5. The zero-order valence-corrected chi connectivity index (χ0v) is 20.9. The average Bonchev–Trinajstić information content (AvgIpc) is 2.82. The minimum atomic E-state index is -0.489. The van der Waals surface area contributed by atoms with Gasteiger partial charge in [-0.05, 0) is 81.5 Å². The molecule has 8 heteroatoms. The number of benzene rings is 3. The van der Waals surface area contributed by atoms with Gasteiger partial charge in [0.25, 0.3) is 17.7 Å². The summed E-state index contributed by atoms with van der Waals surface area (Å²) in [6.45, 7) is 6.34. The van der Waals surface area contributed by atoms with Crippen LogP contribution >= 0.6 is 15.9 Å². The number of ether oxygens (including phenoxy) is 1. The summed E-state index contributed by atoms with van der Waals surface area (Å²) in [4.78, 5) is 37.2. The van der Waals surface area contributed by atoms with Crippen LogP contribution in [0, 0.1) is 0 Å². The fraction of sp³-hybridized carbons (Fsp3) is 0.192. The minimum absolute atomic E-state index is 0.0103. The van der Waals surface area contributed by atoms with Gasteiger partial charge in [-0.15, -0.1) is 0 Å². The van der Waals surface area contributed by atoms with Crippen LogP contribution in [0.25, 0.3) is 0 Å². The number of methoxy groups -OCH3 is 1. The topological polar surface area (TPSA) is 96.5 Å². The molecule has 0 bridgehead atoms. The van der Waals surface area contributed by atoms with Gasteiger partial charge >= 0.3 is 0 Å². The van der Waals surface area contributed by atoms with Crippen LogP contribution in [0.15, 0.2) is 71.2 Å². The van der Waals surface area contributed by atoms with E-state index in [2.05, 4.69) is 52.9 Å². The Labute approximate surface area is 207 Å². The molecule has 3 aromatic rings. The Bertz CT molecular complexity index is 1200. The van der Waals surface area contributed by atoms with Crippen molar-refractivity contribution in [1.82, 2.24) is 10.9 Å². The van der Waals surface area contributed by atoms with Crippen molar-refractivity contribution < 1.29 is 19.1 Å². The van der Waals surface area contributed by atoms with Gasteiger partial charge in [0.1, 0.15) is 5.75 Å². The number of hydrogen-bond acceptors (Lipinski definition) is 4. The molecule has 0 unspecified atom stereocenters. The second-order valence-corrected chi connectivity index (χ2v) is 9.47. The number of anilines is 1. The van der Waals surface area contributed by atoms with Crippen molar-refractivity contribution in [1.29, 1.82) is 0 Å². The molecule has 0 spiro atoms. The number of carbonyl (C=O) groups is 3. The van der Waals surface area contributed by atoms with Crippen molar-refractivity contribution in [3.05, 3.63) is 93.5 Å². The van der Waals surface area contributed by atoms with Gasteiger partial charge in [-0.25, -0.2) is 0 Å². The van der Waals surface area contributed by atoms with Gasteiger partial charge in [0.2, 0.25) is 0 Å². The van der Waals surface area contributed by atoms with E-state index in [0.717, 1.165) is 5.56 Å². The molecular weight excluding hydrogens is 498 g/mol. The molecule has 3 amide bonds. The molecule has 0 fully saturated rings. The van der Waals surface area contributed by atoms with Crippen LogP contribution in [0.2, 0.25) is 0 Å². The minimum Gasteiger partial charge on any atom is -0.496 e. The maximum atomic E-state index is 12.5. The summed E-state index contributed by atoms with van der Waals surface area (Å²) in [6, 6.07) is 18.7. The van der Waals surface area contributed by atoms with Crippen LogP contribution in [-0.4, -0.2) is 24.8 Å². The predicted octanol–water partition coefficient (Wildman–Crippen LogP) is 5.08. The van der Waals surface area contributed by atoms with Crippen LogP contribution < -0.4 is 20.9 Å². The molecule has 3 aromatic carbocycles. The predicted molar refractivity (Wildman–Crippen MR) is 135 cm³/mol. The maximum Gasteiger partial charge on any atom is 0.269 e. The molecule has 0 aliphatic carbocycles. The number of carbonyl (C=O) groups excluding carboxylic acids is 3. The highest BCUT2D eigenvalue weighted by Gasteiger charge is 2.15. The van der Waals surface area contributed by atoms with Crippen LogP contribution in [-0.2, 0) is 5.41 Å². The summed E-state index contributed by atoms with van der Waals surface area (Å²) in [5, 5.41) is 2.81. The standard InChI is InChI=1S/C26H26BrN3O4/c1-26(2,3)19-10-5-16(6-11-19)23(31)28-20-12-7-17(8-13-20)24(32)29-30-25(33)18-9-14-22(34-4)21(27)15-18/h5-15H,1-4H3,(H,28,31)(H,29,32)(H,30,33). The quantitative estimate of drug-likeness (QED) is 0.406. The summed E-state index contributed by atoms with van der Waals surface area (Å²) in [6.07, 6.45) is 0. The van der Waals surface area contributed by atoms with Crippen molar-refractivity contribution in [2.75, 3.05) is 12.4 Å². The van der Waals surface area contributed by atoms with E-state index in [-0.39, 0.29) is 11.3 Å². The molecule has 3 rings (SSSR count). The molecule has 176 valence electrons. The van der Waals surface area contributed by atoms with Gasteiger partial charge < -0.3 is 10.1 Å². The first-order valence-electron chi connectivity index (χ1n) is 10.5. The van der Waals surface area contributed by atoms with Gasteiger partial charge in [0.15, 0.2) is 0 Å². The van der Waals surface area contributed by atoms with Crippen molar-refractivity contribution in [3.63, 3.8) is 0 Å². The highest BCUT2D eigenvalue weighted by Crippen LogP contribution is 2.25. The Morgan fingerprint density at radius 3 is 1.76 bits per heavy atom. The monoisotopic (exact) mass is 523 g/mol. The van der Waals surface area contributed by atoms with E-state index in [1.807, 2.05) is 12.1 Å². The van der Waals surface area contributed by atoms with E-state index in [4.69, 9.17) is 4.74 Å². The summed E-state index contributed by atoms with van der Waals surface area (Å²) < 4.78 is 5.76. The SMILES string of the molecule is COc1ccc(C(=O)NNC(=O)c2ccc(NC(=O)c3ccc(C(C)(C)C)cc3)cc2)cc1Br. The molecular formula is C26H26BrN3O4. The van der Waals surface area contributed by atoms with E-state index >= 15 is 0 Å². The molecule has 0 aliphatic heterocycles. The number of halogens is 1. The van der Waals surface area contributed by atoms with Crippen molar-refractivity contribution >= 4 is 39.3 Å². The fourth-order valence-electron chi connectivity index (χ4n) is 3.10. The van der Waals surface area contributed by atoms with E-state index in [0.29, 0.717) is 32.6 Å². The molecule has 0 saturated carbocycles. The third-order valence-corrected chi connectivity index (χ3v) is 5.74. The van der Waals surface area contributed by atoms with Crippen LogP contribution in [0.1, 0.15) is 57.4 Å². The van der Waals surface area contributed by atoms with Crippen LogP contribution in [0.4, 0.5) is 5.69 Å². The summed E-state index contributed by atoms with van der Waals surface area (Å²) >= 11 is 3.32. The molecule has 0 aromatic heterocycles. The van der Waals surface area contributed by atoms with Gasteiger partial charge in [0, 0.05) is 22.4 Å². The smallest absolute Gasteiger partial charge is 0.269 e. The first-order chi connectivity index (χ1) is 16.1. The highest BCUT2D eigenvalue weighted by atomic mass is 79.9. The Morgan fingerprint density at radius 1 is 0.735 bits per heavy atom.